The van der Waals surface area contributed by atoms with E-state index in [0.29, 0.717) is 5.75 Å². The van der Waals surface area contributed by atoms with Gasteiger partial charge in [-0.2, -0.15) is 11.8 Å². The molecule has 1 aliphatic heterocycles. The van der Waals surface area contributed by atoms with E-state index >= 15 is 0 Å². The van der Waals surface area contributed by atoms with Gasteiger partial charge in [0.2, 0.25) is 5.91 Å². The van der Waals surface area contributed by atoms with Crippen LogP contribution in [0.15, 0.2) is 0 Å². The highest BCUT2D eigenvalue weighted by Crippen LogP contribution is 2.04. The maximum Gasteiger partial charge on any atom is 0.232 e. The molecule has 0 aromatic carbocycles. The van der Waals surface area contributed by atoms with Crippen molar-refractivity contribution in [2.45, 2.75) is 13.8 Å². The van der Waals surface area contributed by atoms with Gasteiger partial charge >= 0.3 is 0 Å². The summed E-state index contributed by atoms with van der Waals surface area (Å²) >= 11 is 1.76. The molecule has 1 fully saturated rings. The zero-order valence-electron chi connectivity index (χ0n) is 11.1. The van der Waals surface area contributed by atoms with Gasteiger partial charge in [0.1, 0.15) is 0 Å². The van der Waals surface area contributed by atoms with Crippen molar-refractivity contribution in [3.63, 3.8) is 0 Å². The van der Waals surface area contributed by atoms with Gasteiger partial charge in [-0.1, -0.05) is 0 Å². The summed E-state index contributed by atoms with van der Waals surface area (Å²) in [6, 6.07) is 0. The number of hydrogen-bond acceptors (Lipinski definition) is 4. The van der Waals surface area contributed by atoms with Gasteiger partial charge in [0.25, 0.3) is 0 Å². The lowest BCUT2D eigenvalue weighted by atomic mass is 10.4. The molecule has 1 N–H and O–H groups in total. The summed E-state index contributed by atoms with van der Waals surface area (Å²) in [4.78, 5) is 16.1. The minimum atomic E-state index is 0.278. The van der Waals surface area contributed by atoms with E-state index in [1.54, 1.807) is 11.8 Å². The highest BCUT2D eigenvalue weighted by molar-refractivity contribution is 7.99. The summed E-state index contributed by atoms with van der Waals surface area (Å²) < 4.78 is 0. The molecule has 5 heteroatoms. The number of nitrogens with one attached hydrogen (secondary N) is 1. The zero-order chi connectivity index (χ0) is 12.5. The van der Waals surface area contributed by atoms with Gasteiger partial charge in [-0.15, -0.1) is 0 Å². The summed E-state index contributed by atoms with van der Waals surface area (Å²) in [5.74, 6) is 1.97. The number of amides is 1. The van der Waals surface area contributed by atoms with E-state index in [9.17, 15) is 4.79 Å². The van der Waals surface area contributed by atoms with Crippen LogP contribution in [0.5, 0.6) is 0 Å². The van der Waals surface area contributed by atoms with Crippen LogP contribution in [0.1, 0.15) is 13.8 Å². The van der Waals surface area contributed by atoms with Crippen molar-refractivity contribution in [2.75, 3.05) is 57.3 Å². The Labute approximate surface area is 109 Å². The number of thioether (sulfide) groups is 1. The molecule has 1 aliphatic rings. The fraction of sp³-hybridized carbons (Fsp3) is 0.917. The van der Waals surface area contributed by atoms with Crippen LogP contribution in [-0.2, 0) is 4.79 Å². The Morgan fingerprint density at radius 3 is 2.53 bits per heavy atom. The van der Waals surface area contributed by atoms with Gasteiger partial charge in [-0.05, 0) is 13.8 Å². The molecule has 100 valence electrons. The lowest BCUT2D eigenvalue weighted by Gasteiger charge is -2.27. The molecule has 0 radical (unpaired) electrons. The highest BCUT2D eigenvalue weighted by atomic mass is 32.2. The predicted octanol–water partition coefficient (Wildman–Crippen LogP) is 0.493. The molecule has 0 spiro atoms. The van der Waals surface area contributed by atoms with Crippen molar-refractivity contribution < 1.29 is 4.79 Å². The smallest absolute Gasteiger partial charge is 0.232 e. The third-order valence-electron chi connectivity index (χ3n) is 3.10. The number of nitrogens with zero attached hydrogens (tertiary/aromatic N) is 2. The molecule has 0 bridgehead atoms. The summed E-state index contributed by atoms with van der Waals surface area (Å²) in [5, 5.41) is 3.34. The Morgan fingerprint density at radius 1 is 1.29 bits per heavy atom. The summed E-state index contributed by atoms with van der Waals surface area (Å²) in [6.07, 6.45) is 0. The van der Waals surface area contributed by atoms with Crippen LogP contribution in [-0.4, -0.2) is 73.0 Å². The van der Waals surface area contributed by atoms with E-state index in [1.165, 1.54) is 0 Å². The first-order valence-electron chi connectivity index (χ1n) is 6.56. The Hall–Kier alpha value is -0.260. The minimum Gasteiger partial charge on any atom is -0.343 e. The van der Waals surface area contributed by atoms with Crippen LogP contribution in [0.2, 0.25) is 0 Å². The molecule has 0 atom stereocenters. The molecule has 17 heavy (non-hydrogen) atoms. The molecule has 0 aromatic rings. The SMILES string of the molecule is CCN(CC)C(=O)CSCCN1CCNCC1. The van der Waals surface area contributed by atoms with Gasteiger partial charge in [-0.3, -0.25) is 9.69 Å². The number of carbonyl (C=O) groups excluding carboxylic acids is 1. The largest absolute Gasteiger partial charge is 0.343 e. The number of piperazine rings is 1. The summed E-state index contributed by atoms with van der Waals surface area (Å²) in [6.45, 7) is 11.3. The van der Waals surface area contributed by atoms with Gasteiger partial charge in [0, 0.05) is 51.6 Å². The Morgan fingerprint density at radius 2 is 1.94 bits per heavy atom. The van der Waals surface area contributed by atoms with E-state index in [0.717, 1.165) is 51.6 Å². The third kappa shape index (κ3) is 5.75. The minimum absolute atomic E-state index is 0.278. The molecular weight excluding hydrogens is 234 g/mol. The molecule has 0 aromatic heterocycles. The zero-order valence-corrected chi connectivity index (χ0v) is 11.9. The quantitative estimate of drug-likeness (QED) is 0.675. The molecule has 1 amide bonds. The average Bonchev–Trinajstić information content (AvgIpc) is 2.37. The molecule has 1 heterocycles. The Bertz CT molecular complexity index is 216. The van der Waals surface area contributed by atoms with Crippen LogP contribution in [0.3, 0.4) is 0 Å². The Balaban J connectivity index is 2.04. The van der Waals surface area contributed by atoms with Crippen LogP contribution in [0, 0.1) is 0 Å². The van der Waals surface area contributed by atoms with Crippen molar-refractivity contribution in [3.05, 3.63) is 0 Å². The van der Waals surface area contributed by atoms with Crippen molar-refractivity contribution in [1.29, 1.82) is 0 Å². The van der Waals surface area contributed by atoms with Gasteiger partial charge < -0.3 is 10.2 Å². The molecule has 0 aliphatic carbocycles. The first-order chi connectivity index (χ1) is 8.27. The maximum absolute atomic E-state index is 11.7. The van der Waals surface area contributed by atoms with Crippen molar-refractivity contribution in [1.82, 2.24) is 15.1 Å². The topological polar surface area (TPSA) is 35.6 Å². The van der Waals surface area contributed by atoms with E-state index < -0.39 is 0 Å². The highest BCUT2D eigenvalue weighted by Gasteiger charge is 2.11. The van der Waals surface area contributed by atoms with E-state index in [2.05, 4.69) is 10.2 Å². The number of carbonyl (C=O) groups is 1. The first kappa shape index (κ1) is 14.8. The fourth-order valence-electron chi connectivity index (χ4n) is 1.96. The third-order valence-corrected chi connectivity index (χ3v) is 4.03. The van der Waals surface area contributed by atoms with E-state index in [1.807, 2.05) is 18.7 Å². The number of rotatable bonds is 7. The monoisotopic (exact) mass is 259 g/mol. The van der Waals surface area contributed by atoms with Gasteiger partial charge in [-0.25, -0.2) is 0 Å². The lowest BCUT2D eigenvalue weighted by molar-refractivity contribution is -0.127. The van der Waals surface area contributed by atoms with Crippen LogP contribution in [0.25, 0.3) is 0 Å². The van der Waals surface area contributed by atoms with Gasteiger partial charge in [0.15, 0.2) is 0 Å². The normalized spacial score (nSPS) is 17.1. The first-order valence-corrected chi connectivity index (χ1v) is 7.72. The standard InChI is InChI=1S/C12H25N3OS/c1-3-15(4-2)12(16)11-17-10-9-14-7-5-13-6-8-14/h13H,3-11H2,1-2H3. The second kappa shape index (κ2) is 8.78. The maximum atomic E-state index is 11.7. The van der Waals surface area contributed by atoms with Crippen LogP contribution in [0.4, 0.5) is 0 Å². The van der Waals surface area contributed by atoms with Crippen molar-refractivity contribution >= 4 is 17.7 Å². The molecule has 0 unspecified atom stereocenters. The summed E-state index contributed by atoms with van der Waals surface area (Å²) in [5.41, 5.74) is 0. The second-order valence-electron chi connectivity index (χ2n) is 4.21. The van der Waals surface area contributed by atoms with Crippen molar-refractivity contribution in [2.24, 2.45) is 0 Å². The average molecular weight is 259 g/mol. The lowest BCUT2D eigenvalue weighted by Crippen LogP contribution is -2.44. The molecule has 4 nitrogen and oxygen atoms in total. The van der Waals surface area contributed by atoms with Crippen molar-refractivity contribution in [3.8, 4) is 0 Å². The van der Waals surface area contributed by atoms with Crippen LogP contribution < -0.4 is 5.32 Å². The molecule has 1 saturated heterocycles. The molecule has 1 rings (SSSR count). The Kier molecular flexibility index (Phi) is 7.64. The number of hydrogen-bond donors (Lipinski definition) is 1. The predicted molar refractivity (Wildman–Crippen MR) is 74.6 cm³/mol. The van der Waals surface area contributed by atoms with Gasteiger partial charge in [0.05, 0.1) is 5.75 Å². The molecule has 0 saturated carbocycles. The summed E-state index contributed by atoms with van der Waals surface area (Å²) in [7, 11) is 0. The second-order valence-corrected chi connectivity index (χ2v) is 5.32. The van der Waals surface area contributed by atoms with E-state index in [4.69, 9.17) is 0 Å². The van der Waals surface area contributed by atoms with E-state index in [-0.39, 0.29) is 5.91 Å². The fourth-order valence-corrected chi connectivity index (χ4v) is 2.84. The van der Waals surface area contributed by atoms with Crippen LogP contribution >= 0.6 is 11.8 Å². The molecular formula is C12H25N3OS.